The first-order valence-corrected chi connectivity index (χ1v) is 7.42. The molecule has 1 N–H and O–H groups in total. The van der Waals surface area contributed by atoms with Gasteiger partial charge < -0.3 is 15.0 Å². The van der Waals surface area contributed by atoms with E-state index in [1.54, 1.807) is 0 Å². The zero-order valence-electron chi connectivity index (χ0n) is 11.8. The normalized spacial score (nSPS) is 21.1. The van der Waals surface area contributed by atoms with Gasteiger partial charge in [0.05, 0.1) is 6.54 Å². The fourth-order valence-corrected chi connectivity index (χ4v) is 3.21. The van der Waals surface area contributed by atoms with Crippen LogP contribution in [0.3, 0.4) is 0 Å². The second-order valence-corrected chi connectivity index (χ2v) is 5.90. The zero-order chi connectivity index (χ0) is 13.8. The Morgan fingerprint density at radius 3 is 2.70 bits per heavy atom. The molecule has 1 amide bonds. The predicted octanol–water partition coefficient (Wildman–Crippen LogP) is 2.13. The van der Waals surface area contributed by atoms with Gasteiger partial charge in [0, 0.05) is 32.0 Å². The van der Waals surface area contributed by atoms with Gasteiger partial charge in [-0.05, 0) is 36.8 Å². The second kappa shape index (κ2) is 5.83. The third kappa shape index (κ3) is 2.96. The third-order valence-corrected chi connectivity index (χ3v) is 4.56. The maximum Gasteiger partial charge on any atom is 0.241 e. The number of rotatable bonds is 3. The molecule has 2 aliphatic heterocycles. The van der Waals surface area contributed by atoms with Crippen molar-refractivity contribution in [2.24, 2.45) is 5.41 Å². The monoisotopic (exact) mass is 274 g/mol. The van der Waals surface area contributed by atoms with Gasteiger partial charge in [-0.3, -0.25) is 4.79 Å². The second-order valence-electron chi connectivity index (χ2n) is 5.90. The molecular formula is C16H22N2O2. The average molecular weight is 274 g/mol. The van der Waals surface area contributed by atoms with Crippen molar-refractivity contribution in [3.05, 3.63) is 30.3 Å². The molecule has 0 saturated carbocycles. The lowest BCUT2D eigenvalue weighted by molar-refractivity contribution is -0.129. The molecule has 2 aliphatic rings. The van der Waals surface area contributed by atoms with Crippen LogP contribution in [0.4, 0.5) is 5.69 Å². The molecule has 1 spiro atoms. The lowest BCUT2D eigenvalue weighted by Gasteiger charge is -2.33. The van der Waals surface area contributed by atoms with Crippen molar-refractivity contribution in [1.29, 1.82) is 0 Å². The van der Waals surface area contributed by atoms with Crippen molar-refractivity contribution in [3.8, 4) is 0 Å². The molecule has 4 heteroatoms. The number of para-hydroxylation sites is 1. The van der Waals surface area contributed by atoms with E-state index >= 15 is 0 Å². The summed E-state index contributed by atoms with van der Waals surface area (Å²) in [6.07, 6.45) is 3.33. The molecule has 4 nitrogen and oxygen atoms in total. The maximum atomic E-state index is 12.3. The zero-order valence-corrected chi connectivity index (χ0v) is 11.8. The number of hydrogen-bond donors (Lipinski definition) is 1. The summed E-state index contributed by atoms with van der Waals surface area (Å²) in [5, 5.41) is 3.20. The SMILES string of the molecule is O=C(CNc1ccccc1)N1CCC2(CCOCC2)C1. The lowest BCUT2D eigenvalue weighted by atomic mass is 9.80. The van der Waals surface area contributed by atoms with Crippen molar-refractivity contribution in [2.45, 2.75) is 19.3 Å². The summed E-state index contributed by atoms with van der Waals surface area (Å²) >= 11 is 0. The van der Waals surface area contributed by atoms with Gasteiger partial charge in [-0.2, -0.15) is 0 Å². The van der Waals surface area contributed by atoms with E-state index in [0.29, 0.717) is 12.0 Å². The Kier molecular flexibility index (Phi) is 3.92. The first-order chi connectivity index (χ1) is 9.77. The molecule has 0 bridgehead atoms. The summed E-state index contributed by atoms with van der Waals surface area (Å²) in [7, 11) is 0. The Hall–Kier alpha value is -1.55. The maximum absolute atomic E-state index is 12.3. The Balaban J connectivity index is 1.51. The van der Waals surface area contributed by atoms with Crippen LogP contribution in [0.15, 0.2) is 30.3 Å². The smallest absolute Gasteiger partial charge is 0.241 e. The van der Waals surface area contributed by atoms with E-state index in [1.165, 1.54) is 0 Å². The number of ether oxygens (including phenoxy) is 1. The molecule has 3 rings (SSSR count). The van der Waals surface area contributed by atoms with Gasteiger partial charge in [0.15, 0.2) is 0 Å². The minimum atomic E-state index is 0.206. The van der Waals surface area contributed by atoms with Crippen LogP contribution < -0.4 is 5.32 Å². The molecule has 1 aromatic carbocycles. The number of benzene rings is 1. The summed E-state index contributed by atoms with van der Waals surface area (Å²) in [5.74, 6) is 0.206. The van der Waals surface area contributed by atoms with Gasteiger partial charge in [0.1, 0.15) is 0 Å². The van der Waals surface area contributed by atoms with Crippen LogP contribution in [-0.2, 0) is 9.53 Å². The number of nitrogens with one attached hydrogen (secondary N) is 1. The van der Waals surface area contributed by atoms with E-state index in [0.717, 1.165) is 51.3 Å². The van der Waals surface area contributed by atoms with Crippen molar-refractivity contribution >= 4 is 11.6 Å². The molecule has 2 fully saturated rings. The van der Waals surface area contributed by atoms with Gasteiger partial charge in [0.25, 0.3) is 0 Å². The predicted molar refractivity (Wildman–Crippen MR) is 78.6 cm³/mol. The van der Waals surface area contributed by atoms with Crippen LogP contribution >= 0.6 is 0 Å². The number of carbonyl (C=O) groups excluding carboxylic acids is 1. The highest BCUT2D eigenvalue weighted by Crippen LogP contribution is 2.39. The van der Waals surface area contributed by atoms with Crippen molar-refractivity contribution in [1.82, 2.24) is 4.90 Å². The third-order valence-electron chi connectivity index (χ3n) is 4.56. The molecule has 0 radical (unpaired) electrons. The molecule has 20 heavy (non-hydrogen) atoms. The largest absolute Gasteiger partial charge is 0.381 e. The van der Waals surface area contributed by atoms with Gasteiger partial charge in [0.2, 0.25) is 5.91 Å². The number of amides is 1. The fraction of sp³-hybridized carbons (Fsp3) is 0.562. The molecular weight excluding hydrogens is 252 g/mol. The van der Waals surface area contributed by atoms with Crippen LogP contribution in [0.25, 0.3) is 0 Å². The highest BCUT2D eigenvalue weighted by atomic mass is 16.5. The molecule has 0 atom stereocenters. The number of nitrogens with zero attached hydrogens (tertiary/aromatic N) is 1. The summed E-state index contributed by atoms with van der Waals surface area (Å²) < 4.78 is 5.44. The highest BCUT2D eigenvalue weighted by molar-refractivity contribution is 5.81. The molecule has 0 unspecified atom stereocenters. The lowest BCUT2D eigenvalue weighted by Crippen LogP contribution is -2.37. The molecule has 2 heterocycles. The van der Waals surface area contributed by atoms with Gasteiger partial charge in [-0.15, -0.1) is 0 Å². The van der Waals surface area contributed by atoms with E-state index in [4.69, 9.17) is 4.74 Å². The van der Waals surface area contributed by atoms with Crippen LogP contribution in [0.5, 0.6) is 0 Å². The van der Waals surface area contributed by atoms with E-state index in [-0.39, 0.29) is 5.91 Å². The summed E-state index contributed by atoms with van der Waals surface area (Å²) in [6.45, 7) is 3.89. The summed E-state index contributed by atoms with van der Waals surface area (Å²) in [5.41, 5.74) is 1.33. The topological polar surface area (TPSA) is 41.6 Å². The molecule has 2 saturated heterocycles. The van der Waals surface area contributed by atoms with Gasteiger partial charge in [-0.25, -0.2) is 0 Å². The van der Waals surface area contributed by atoms with Crippen molar-refractivity contribution in [2.75, 3.05) is 38.2 Å². The Labute approximate surface area is 120 Å². The number of carbonyl (C=O) groups is 1. The molecule has 1 aromatic rings. The van der Waals surface area contributed by atoms with Crippen LogP contribution in [-0.4, -0.2) is 43.7 Å². The Morgan fingerprint density at radius 2 is 1.95 bits per heavy atom. The Bertz CT molecular complexity index is 455. The summed E-state index contributed by atoms with van der Waals surface area (Å²) in [4.78, 5) is 14.3. The average Bonchev–Trinajstić information content (AvgIpc) is 2.90. The number of hydrogen-bond acceptors (Lipinski definition) is 3. The first kappa shape index (κ1) is 13.4. The number of anilines is 1. The highest BCUT2D eigenvalue weighted by Gasteiger charge is 2.40. The molecule has 108 valence electrons. The van der Waals surface area contributed by atoms with Crippen LogP contribution in [0.1, 0.15) is 19.3 Å². The quantitative estimate of drug-likeness (QED) is 0.918. The standard InChI is InChI=1S/C16H22N2O2/c19-15(12-17-14-4-2-1-3-5-14)18-9-6-16(13-18)7-10-20-11-8-16/h1-5,17H,6-13H2. The van der Waals surface area contributed by atoms with Crippen molar-refractivity contribution < 1.29 is 9.53 Å². The van der Waals surface area contributed by atoms with E-state index < -0.39 is 0 Å². The van der Waals surface area contributed by atoms with Crippen LogP contribution in [0, 0.1) is 5.41 Å². The fourth-order valence-electron chi connectivity index (χ4n) is 3.21. The molecule has 0 aliphatic carbocycles. The molecule has 0 aromatic heterocycles. The van der Waals surface area contributed by atoms with E-state index in [9.17, 15) is 4.79 Å². The number of likely N-dealkylation sites (tertiary alicyclic amines) is 1. The van der Waals surface area contributed by atoms with Crippen molar-refractivity contribution in [3.63, 3.8) is 0 Å². The Morgan fingerprint density at radius 1 is 1.20 bits per heavy atom. The minimum Gasteiger partial charge on any atom is -0.381 e. The van der Waals surface area contributed by atoms with E-state index in [2.05, 4.69) is 5.32 Å². The summed E-state index contributed by atoms with van der Waals surface area (Å²) in [6, 6.07) is 9.89. The van der Waals surface area contributed by atoms with E-state index in [1.807, 2.05) is 35.2 Å². The van der Waals surface area contributed by atoms with Gasteiger partial charge in [-0.1, -0.05) is 18.2 Å². The minimum absolute atomic E-state index is 0.206. The van der Waals surface area contributed by atoms with Gasteiger partial charge >= 0.3 is 0 Å². The van der Waals surface area contributed by atoms with Crippen LogP contribution in [0.2, 0.25) is 0 Å². The first-order valence-electron chi connectivity index (χ1n) is 7.42.